The van der Waals surface area contributed by atoms with Crippen LogP contribution in [0.2, 0.25) is 0 Å². The Bertz CT molecular complexity index is 329. The Kier molecular flexibility index (Phi) is 3.22. The van der Waals surface area contributed by atoms with E-state index in [1.54, 1.807) is 0 Å². The summed E-state index contributed by atoms with van der Waals surface area (Å²) in [5, 5.41) is 0. The molecule has 1 rings (SSSR count). The highest BCUT2D eigenvalue weighted by Gasteiger charge is 2.23. The molecule has 0 saturated heterocycles. The summed E-state index contributed by atoms with van der Waals surface area (Å²) in [4.78, 5) is 0. The zero-order valence-electron chi connectivity index (χ0n) is 8.84. The molecule has 0 aliphatic rings. The van der Waals surface area contributed by atoms with Gasteiger partial charge >= 0.3 is 0 Å². The Labute approximate surface area is 93.8 Å². The van der Waals surface area contributed by atoms with E-state index in [4.69, 9.17) is 11.5 Å². The van der Waals surface area contributed by atoms with Gasteiger partial charge in [0.25, 0.3) is 0 Å². The molecule has 0 spiro atoms. The summed E-state index contributed by atoms with van der Waals surface area (Å²) < 4.78 is 0.986. The van der Waals surface area contributed by atoms with Crippen molar-refractivity contribution in [3.8, 4) is 0 Å². The molecule has 0 aliphatic carbocycles. The average Bonchev–Trinajstić information content (AvgIpc) is 2.01. The molecule has 0 saturated carbocycles. The van der Waals surface area contributed by atoms with Crippen LogP contribution < -0.4 is 11.5 Å². The second kappa shape index (κ2) is 3.91. The van der Waals surface area contributed by atoms with Gasteiger partial charge in [-0.1, -0.05) is 42.8 Å². The van der Waals surface area contributed by atoms with E-state index >= 15 is 0 Å². The van der Waals surface area contributed by atoms with Gasteiger partial charge in [0, 0.05) is 16.2 Å². The number of hydrogen-bond acceptors (Lipinski definition) is 2. The summed E-state index contributed by atoms with van der Waals surface area (Å²) in [6, 6.07) is 5.76. The standard InChI is InChI=1S/C11H17BrN2/c1-11(2,3)10(14)8-5-4-7(13)6-9(8)12/h4-6,10H,13-14H2,1-3H3. The molecule has 2 nitrogen and oxygen atoms in total. The molecule has 0 fully saturated rings. The fourth-order valence-corrected chi connectivity index (χ4v) is 1.91. The number of nitrogens with two attached hydrogens (primary N) is 2. The van der Waals surface area contributed by atoms with Gasteiger partial charge in [-0.3, -0.25) is 0 Å². The number of nitrogen functional groups attached to an aromatic ring is 1. The van der Waals surface area contributed by atoms with Crippen molar-refractivity contribution in [2.75, 3.05) is 5.73 Å². The van der Waals surface area contributed by atoms with Crippen molar-refractivity contribution in [1.82, 2.24) is 0 Å². The van der Waals surface area contributed by atoms with Gasteiger partial charge in [-0.25, -0.2) is 0 Å². The Morgan fingerprint density at radius 2 is 1.86 bits per heavy atom. The van der Waals surface area contributed by atoms with Crippen molar-refractivity contribution >= 4 is 21.6 Å². The lowest BCUT2D eigenvalue weighted by Gasteiger charge is -2.28. The van der Waals surface area contributed by atoms with E-state index in [2.05, 4.69) is 36.7 Å². The van der Waals surface area contributed by atoms with Gasteiger partial charge in [-0.2, -0.15) is 0 Å². The highest BCUT2D eigenvalue weighted by molar-refractivity contribution is 9.10. The summed E-state index contributed by atoms with van der Waals surface area (Å²) in [5.74, 6) is 0. The second-order valence-electron chi connectivity index (χ2n) is 4.62. The molecule has 0 aromatic heterocycles. The molecule has 0 aliphatic heterocycles. The molecule has 0 radical (unpaired) electrons. The van der Waals surface area contributed by atoms with Gasteiger partial charge < -0.3 is 11.5 Å². The van der Waals surface area contributed by atoms with Gasteiger partial charge in [0.15, 0.2) is 0 Å². The SMILES string of the molecule is CC(C)(C)C(N)c1ccc(N)cc1Br. The zero-order chi connectivity index (χ0) is 10.9. The Hall–Kier alpha value is -0.540. The summed E-state index contributed by atoms with van der Waals surface area (Å²) in [6.45, 7) is 6.38. The minimum absolute atomic E-state index is 0.0116. The lowest BCUT2D eigenvalue weighted by Crippen LogP contribution is -2.26. The maximum Gasteiger partial charge on any atom is 0.0355 e. The number of anilines is 1. The van der Waals surface area contributed by atoms with Crippen LogP contribution in [0.25, 0.3) is 0 Å². The lowest BCUT2D eigenvalue weighted by molar-refractivity contribution is 0.326. The smallest absolute Gasteiger partial charge is 0.0355 e. The van der Waals surface area contributed by atoms with Crippen molar-refractivity contribution < 1.29 is 0 Å². The summed E-state index contributed by atoms with van der Waals surface area (Å²) >= 11 is 3.48. The van der Waals surface area contributed by atoms with E-state index in [1.807, 2.05) is 18.2 Å². The highest BCUT2D eigenvalue weighted by atomic mass is 79.9. The van der Waals surface area contributed by atoms with Crippen molar-refractivity contribution in [3.63, 3.8) is 0 Å². The third kappa shape index (κ3) is 2.49. The van der Waals surface area contributed by atoms with E-state index in [9.17, 15) is 0 Å². The zero-order valence-corrected chi connectivity index (χ0v) is 10.4. The summed E-state index contributed by atoms with van der Waals surface area (Å²) in [7, 11) is 0. The molecule has 0 bridgehead atoms. The molecule has 0 heterocycles. The Morgan fingerprint density at radius 3 is 2.29 bits per heavy atom. The average molecular weight is 257 g/mol. The normalized spacial score (nSPS) is 14.1. The van der Waals surface area contributed by atoms with Crippen LogP contribution in [0.4, 0.5) is 5.69 Å². The fraction of sp³-hybridized carbons (Fsp3) is 0.455. The minimum atomic E-state index is 0.0116. The van der Waals surface area contributed by atoms with Crippen LogP contribution in [0, 0.1) is 5.41 Å². The molecule has 4 N–H and O–H groups in total. The van der Waals surface area contributed by atoms with Crippen LogP contribution in [0.3, 0.4) is 0 Å². The van der Waals surface area contributed by atoms with E-state index in [0.29, 0.717) is 0 Å². The quantitative estimate of drug-likeness (QED) is 0.759. The molecule has 1 atom stereocenters. The van der Waals surface area contributed by atoms with Gasteiger partial charge in [-0.05, 0) is 23.1 Å². The third-order valence-corrected chi connectivity index (χ3v) is 2.98. The lowest BCUT2D eigenvalue weighted by atomic mass is 9.83. The fourth-order valence-electron chi connectivity index (χ4n) is 1.26. The van der Waals surface area contributed by atoms with Crippen LogP contribution >= 0.6 is 15.9 Å². The predicted octanol–water partition coefficient (Wildman–Crippen LogP) is 3.08. The van der Waals surface area contributed by atoms with Gasteiger partial charge in [0.05, 0.1) is 0 Å². The van der Waals surface area contributed by atoms with E-state index in [-0.39, 0.29) is 11.5 Å². The van der Waals surface area contributed by atoms with E-state index < -0.39 is 0 Å². The van der Waals surface area contributed by atoms with Crippen LogP contribution in [0.5, 0.6) is 0 Å². The first kappa shape index (κ1) is 11.5. The number of benzene rings is 1. The highest BCUT2D eigenvalue weighted by Crippen LogP contribution is 2.34. The Morgan fingerprint density at radius 1 is 1.29 bits per heavy atom. The molecule has 1 aromatic rings. The third-order valence-electron chi connectivity index (χ3n) is 2.29. The molecular weight excluding hydrogens is 240 g/mol. The van der Waals surface area contributed by atoms with Crippen LogP contribution in [0.15, 0.2) is 22.7 Å². The maximum absolute atomic E-state index is 6.15. The van der Waals surface area contributed by atoms with E-state index in [0.717, 1.165) is 15.7 Å². The molecular formula is C11H17BrN2. The van der Waals surface area contributed by atoms with Crippen molar-refractivity contribution in [2.45, 2.75) is 26.8 Å². The summed E-state index contributed by atoms with van der Waals surface area (Å²) in [6.07, 6.45) is 0. The number of rotatable bonds is 1. The molecule has 14 heavy (non-hydrogen) atoms. The maximum atomic E-state index is 6.15. The largest absolute Gasteiger partial charge is 0.399 e. The summed E-state index contributed by atoms with van der Waals surface area (Å²) in [5.41, 5.74) is 13.7. The van der Waals surface area contributed by atoms with Gasteiger partial charge in [0.1, 0.15) is 0 Å². The second-order valence-corrected chi connectivity index (χ2v) is 5.48. The molecule has 3 heteroatoms. The van der Waals surface area contributed by atoms with E-state index in [1.165, 1.54) is 0 Å². The predicted molar refractivity (Wildman–Crippen MR) is 64.9 cm³/mol. The Balaban J connectivity index is 3.08. The molecule has 1 unspecified atom stereocenters. The number of hydrogen-bond donors (Lipinski definition) is 2. The number of halogens is 1. The molecule has 0 amide bonds. The monoisotopic (exact) mass is 256 g/mol. The van der Waals surface area contributed by atoms with Crippen molar-refractivity contribution in [2.24, 2.45) is 11.1 Å². The van der Waals surface area contributed by atoms with Crippen LogP contribution in [0.1, 0.15) is 32.4 Å². The van der Waals surface area contributed by atoms with Crippen molar-refractivity contribution in [3.05, 3.63) is 28.2 Å². The molecule has 1 aromatic carbocycles. The van der Waals surface area contributed by atoms with Gasteiger partial charge in [0.2, 0.25) is 0 Å². The topological polar surface area (TPSA) is 52.0 Å². The first-order valence-corrected chi connectivity index (χ1v) is 5.42. The first-order chi connectivity index (χ1) is 6.32. The van der Waals surface area contributed by atoms with Crippen LogP contribution in [-0.4, -0.2) is 0 Å². The van der Waals surface area contributed by atoms with Gasteiger partial charge in [-0.15, -0.1) is 0 Å². The first-order valence-electron chi connectivity index (χ1n) is 4.63. The molecule has 78 valence electrons. The van der Waals surface area contributed by atoms with Crippen molar-refractivity contribution in [1.29, 1.82) is 0 Å². The van der Waals surface area contributed by atoms with Crippen LogP contribution in [-0.2, 0) is 0 Å². The minimum Gasteiger partial charge on any atom is -0.399 e.